The van der Waals surface area contributed by atoms with Crippen molar-refractivity contribution >= 4 is 5.91 Å². The minimum atomic E-state index is -0.0338. The highest BCUT2D eigenvalue weighted by Gasteiger charge is 2.29. The molecule has 6 nitrogen and oxygen atoms in total. The predicted octanol–water partition coefficient (Wildman–Crippen LogP) is 3.66. The minimum absolute atomic E-state index is 0.0338. The average molecular weight is 412 g/mol. The SMILES string of the molecule is N#Cc1cccc(C(=O)N(Cc2cccnc2)C2CCN(Cc3ccncc3)CC2)c1. The van der Waals surface area contributed by atoms with Gasteiger partial charge in [-0.1, -0.05) is 12.1 Å². The summed E-state index contributed by atoms with van der Waals surface area (Å²) in [5.41, 5.74) is 3.32. The zero-order valence-corrected chi connectivity index (χ0v) is 17.4. The molecular weight excluding hydrogens is 386 g/mol. The molecule has 4 rings (SSSR count). The van der Waals surface area contributed by atoms with E-state index in [1.54, 1.807) is 30.5 Å². The minimum Gasteiger partial charge on any atom is -0.331 e. The van der Waals surface area contributed by atoms with Gasteiger partial charge in [0.2, 0.25) is 0 Å². The molecule has 31 heavy (non-hydrogen) atoms. The van der Waals surface area contributed by atoms with Gasteiger partial charge in [-0.2, -0.15) is 5.26 Å². The van der Waals surface area contributed by atoms with E-state index in [9.17, 15) is 10.1 Å². The molecule has 156 valence electrons. The Bertz CT molecular complexity index is 1040. The van der Waals surface area contributed by atoms with Gasteiger partial charge in [0.15, 0.2) is 0 Å². The Morgan fingerprint density at radius 3 is 2.55 bits per heavy atom. The van der Waals surface area contributed by atoms with Gasteiger partial charge < -0.3 is 4.90 Å². The lowest BCUT2D eigenvalue weighted by Gasteiger charge is -2.38. The van der Waals surface area contributed by atoms with Crippen molar-refractivity contribution in [1.82, 2.24) is 19.8 Å². The third-order valence-corrected chi connectivity index (χ3v) is 5.73. The smallest absolute Gasteiger partial charge is 0.254 e. The number of likely N-dealkylation sites (tertiary alicyclic amines) is 1. The van der Waals surface area contributed by atoms with E-state index in [0.29, 0.717) is 17.7 Å². The second-order valence-corrected chi connectivity index (χ2v) is 7.85. The third kappa shape index (κ3) is 5.33. The van der Waals surface area contributed by atoms with Crippen molar-refractivity contribution in [2.24, 2.45) is 0 Å². The maximum absolute atomic E-state index is 13.5. The van der Waals surface area contributed by atoms with Gasteiger partial charge in [0.1, 0.15) is 0 Å². The van der Waals surface area contributed by atoms with Gasteiger partial charge in [-0.25, -0.2) is 0 Å². The first kappa shape index (κ1) is 20.7. The van der Waals surface area contributed by atoms with Crippen LogP contribution in [0.3, 0.4) is 0 Å². The second-order valence-electron chi connectivity index (χ2n) is 7.85. The predicted molar refractivity (Wildman–Crippen MR) is 118 cm³/mol. The summed E-state index contributed by atoms with van der Waals surface area (Å²) in [6.07, 6.45) is 9.02. The summed E-state index contributed by atoms with van der Waals surface area (Å²) in [7, 11) is 0. The van der Waals surface area contributed by atoms with Crippen molar-refractivity contribution in [3.8, 4) is 6.07 Å². The van der Waals surface area contributed by atoms with Gasteiger partial charge in [0, 0.05) is 62.6 Å². The Balaban J connectivity index is 1.49. The molecule has 0 N–H and O–H groups in total. The van der Waals surface area contributed by atoms with Crippen LogP contribution in [0.2, 0.25) is 0 Å². The van der Waals surface area contributed by atoms with Gasteiger partial charge in [0.25, 0.3) is 5.91 Å². The number of pyridine rings is 2. The highest BCUT2D eigenvalue weighted by molar-refractivity contribution is 5.94. The van der Waals surface area contributed by atoms with Crippen LogP contribution in [0.15, 0.2) is 73.3 Å². The summed E-state index contributed by atoms with van der Waals surface area (Å²) >= 11 is 0. The van der Waals surface area contributed by atoms with E-state index in [1.165, 1.54) is 5.56 Å². The molecule has 1 aromatic carbocycles. The summed E-state index contributed by atoms with van der Waals surface area (Å²) in [6.45, 7) is 3.28. The Morgan fingerprint density at radius 2 is 1.84 bits per heavy atom. The number of hydrogen-bond acceptors (Lipinski definition) is 5. The Kier molecular flexibility index (Phi) is 6.65. The molecule has 2 aromatic heterocycles. The van der Waals surface area contributed by atoms with E-state index in [1.807, 2.05) is 47.8 Å². The van der Waals surface area contributed by atoms with Crippen LogP contribution in [0, 0.1) is 11.3 Å². The Morgan fingerprint density at radius 1 is 1.03 bits per heavy atom. The lowest BCUT2D eigenvalue weighted by Crippen LogP contribution is -2.46. The van der Waals surface area contributed by atoms with Gasteiger partial charge in [-0.05, 0) is 60.4 Å². The normalized spacial score (nSPS) is 14.7. The summed E-state index contributed by atoms with van der Waals surface area (Å²) in [6, 6.07) is 17.2. The van der Waals surface area contributed by atoms with Gasteiger partial charge in [0.05, 0.1) is 11.6 Å². The molecule has 3 heterocycles. The average Bonchev–Trinajstić information content (AvgIpc) is 2.84. The molecule has 0 aliphatic carbocycles. The van der Waals surface area contributed by atoms with Crippen molar-refractivity contribution in [2.75, 3.05) is 13.1 Å². The molecular formula is C25H25N5O. The van der Waals surface area contributed by atoms with Crippen LogP contribution < -0.4 is 0 Å². The first-order valence-corrected chi connectivity index (χ1v) is 10.5. The Labute approximate surface area is 182 Å². The zero-order chi connectivity index (χ0) is 21.5. The van der Waals surface area contributed by atoms with E-state index in [0.717, 1.165) is 38.0 Å². The quantitative estimate of drug-likeness (QED) is 0.619. The summed E-state index contributed by atoms with van der Waals surface area (Å²) in [5.74, 6) is -0.0338. The van der Waals surface area contributed by atoms with Crippen LogP contribution in [0.1, 0.15) is 39.9 Å². The van der Waals surface area contributed by atoms with E-state index in [-0.39, 0.29) is 11.9 Å². The van der Waals surface area contributed by atoms with Crippen molar-refractivity contribution in [3.63, 3.8) is 0 Å². The van der Waals surface area contributed by atoms with E-state index < -0.39 is 0 Å². The summed E-state index contributed by atoms with van der Waals surface area (Å²) < 4.78 is 0. The molecule has 1 saturated heterocycles. The van der Waals surface area contributed by atoms with E-state index in [4.69, 9.17) is 0 Å². The van der Waals surface area contributed by atoms with E-state index in [2.05, 4.69) is 20.9 Å². The first-order valence-electron chi connectivity index (χ1n) is 10.5. The topological polar surface area (TPSA) is 73.1 Å². The van der Waals surface area contributed by atoms with E-state index >= 15 is 0 Å². The molecule has 0 saturated carbocycles. The van der Waals surface area contributed by atoms with Crippen LogP contribution in [0.5, 0.6) is 0 Å². The maximum Gasteiger partial charge on any atom is 0.254 e. The fraction of sp³-hybridized carbons (Fsp3) is 0.280. The van der Waals surface area contributed by atoms with Crippen molar-refractivity contribution < 1.29 is 4.79 Å². The lowest BCUT2D eigenvalue weighted by molar-refractivity contribution is 0.0542. The molecule has 3 aromatic rings. The van der Waals surface area contributed by atoms with Crippen LogP contribution in [-0.2, 0) is 13.1 Å². The number of carbonyl (C=O) groups is 1. The third-order valence-electron chi connectivity index (χ3n) is 5.73. The van der Waals surface area contributed by atoms with Crippen molar-refractivity contribution in [2.45, 2.75) is 32.0 Å². The maximum atomic E-state index is 13.5. The molecule has 0 bridgehead atoms. The standard InChI is InChI=1S/C25H25N5O/c26-16-21-3-1-5-23(15-21)25(31)30(19-22-4-2-10-28-17-22)24-8-13-29(14-9-24)18-20-6-11-27-12-7-20/h1-7,10-12,15,17,24H,8-9,13-14,18-19H2. The highest BCUT2D eigenvalue weighted by Crippen LogP contribution is 2.23. The molecule has 1 fully saturated rings. The zero-order valence-electron chi connectivity index (χ0n) is 17.4. The summed E-state index contributed by atoms with van der Waals surface area (Å²) in [4.78, 5) is 26.1. The molecule has 6 heteroatoms. The van der Waals surface area contributed by atoms with Gasteiger partial charge in [-0.15, -0.1) is 0 Å². The van der Waals surface area contributed by atoms with Crippen LogP contribution in [0.4, 0.5) is 0 Å². The van der Waals surface area contributed by atoms with Gasteiger partial charge in [-0.3, -0.25) is 19.7 Å². The lowest BCUT2D eigenvalue weighted by atomic mass is 10.00. The number of amides is 1. The number of nitriles is 1. The second kappa shape index (κ2) is 9.96. The van der Waals surface area contributed by atoms with Crippen LogP contribution >= 0.6 is 0 Å². The largest absolute Gasteiger partial charge is 0.331 e. The fourth-order valence-corrected chi connectivity index (χ4v) is 4.08. The number of nitrogens with zero attached hydrogens (tertiary/aromatic N) is 5. The molecule has 0 spiro atoms. The molecule has 1 aliphatic heterocycles. The van der Waals surface area contributed by atoms with Crippen LogP contribution in [0.25, 0.3) is 0 Å². The molecule has 1 aliphatic rings. The van der Waals surface area contributed by atoms with Gasteiger partial charge >= 0.3 is 0 Å². The Hall–Kier alpha value is -3.56. The number of piperidine rings is 1. The number of benzene rings is 1. The monoisotopic (exact) mass is 411 g/mol. The number of rotatable bonds is 6. The highest BCUT2D eigenvalue weighted by atomic mass is 16.2. The summed E-state index contributed by atoms with van der Waals surface area (Å²) in [5, 5.41) is 9.22. The fourth-order valence-electron chi connectivity index (χ4n) is 4.08. The number of aromatic nitrogens is 2. The first-order chi connectivity index (χ1) is 15.2. The molecule has 0 radical (unpaired) electrons. The number of hydrogen-bond donors (Lipinski definition) is 0. The number of carbonyl (C=O) groups excluding carboxylic acids is 1. The van der Waals surface area contributed by atoms with Crippen molar-refractivity contribution in [3.05, 3.63) is 95.6 Å². The molecule has 0 unspecified atom stereocenters. The van der Waals surface area contributed by atoms with Crippen molar-refractivity contribution in [1.29, 1.82) is 5.26 Å². The molecule has 0 atom stereocenters. The molecule has 1 amide bonds. The van der Waals surface area contributed by atoms with Crippen LogP contribution in [-0.4, -0.2) is 44.8 Å².